The van der Waals surface area contributed by atoms with Crippen molar-refractivity contribution in [2.24, 2.45) is 0 Å². The molecule has 2 aromatic rings. The fourth-order valence-electron chi connectivity index (χ4n) is 1.60. The third kappa shape index (κ3) is 2.55. The van der Waals surface area contributed by atoms with Crippen LogP contribution in [0.5, 0.6) is 0 Å². The first-order chi connectivity index (χ1) is 8.08. The van der Waals surface area contributed by atoms with E-state index in [1.165, 1.54) is 11.3 Å². The van der Waals surface area contributed by atoms with E-state index in [-0.39, 0.29) is 12.6 Å². The summed E-state index contributed by atoms with van der Waals surface area (Å²) in [6.07, 6.45) is 0. The summed E-state index contributed by atoms with van der Waals surface area (Å²) in [5, 5.41) is 9.67. The van der Waals surface area contributed by atoms with E-state index in [9.17, 15) is 4.79 Å². The van der Waals surface area contributed by atoms with Crippen molar-refractivity contribution >= 4 is 32.7 Å². The molecule has 0 aliphatic rings. The Labute approximate surface area is 104 Å². The first kappa shape index (κ1) is 11.9. The van der Waals surface area contributed by atoms with E-state index in [1.807, 2.05) is 38.1 Å². The van der Waals surface area contributed by atoms with Crippen LogP contribution in [-0.2, 0) is 4.79 Å². The first-order valence-corrected chi connectivity index (χ1v) is 6.23. The quantitative estimate of drug-likeness (QED) is 0.906. The number of anilines is 1. The van der Waals surface area contributed by atoms with Crippen molar-refractivity contribution in [3.63, 3.8) is 0 Å². The molecule has 0 saturated carbocycles. The maximum Gasteiger partial charge on any atom is 0.323 e. The highest BCUT2D eigenvalue weighted by Gasteiger charge is 2.17. The van der Waals surface area contributed by atoms with Gasteiger partial charge in [-0.05, 0) is 26.0 Å². The van der Waals surface area contributed by atoms with Crippen LogP contribution in [0, 0.1) is 0 Å². The topological polar surface area (TPSA) is 53.4 Å². The van der Waals surface area contributed by atoms with Crippen molar-refractivity contribution in [1.82, 2.24) is 4.98 Å². The second kappa shape index (κ2) is 4.71. The molecule has 1 N–H and O–H groups in total. The Morgan fingerprint density at radius 2 is 2.18 bits per heavy atom. The minimum atomic E-state index is -0.835. The van der Waals surface area contributed by atoms with Crippen LogP contribution in [0.25, 0.3) is 10.2 Å². The van der Waals surface area contributed by atoms with Crippen molar-refractivity contribution in [1.29, 1.82) is 0 Å². The Morgan fingerprint density at radius 1 is 1.47 bits per heavy atom. The lowest BCUT2D eigenvalue weighted by Crippen LogP contribution is -2.35. The normalized spacial score (nSPS) is 11.0. The number of hydrogen-bond acceptors (Lipinski definition) is 4. The van der Waals surface area contributed by atoms with E-state index in [1.54, 1.807) is 4.90 Å². The molecule has 0 bridgehead atoms. The minimum Gasteiger partial charge on any atom is -0.480 e. The lowest BCUT2D eigenvalue weighted by Gasteiger charge is -2.23. The van der Waals surface area contributed by atoms with E-state index in [0.717, 1.165) is 15.3 Å². The highest BCUT2D eigenvalue weighted by Crippen LogP contribution is 2.29. The van der Waals surface area contributed by atoms with E-state index < -0.39 is 5.97 Å². The predicted octanol–water partition coefficient (Wildman–Crippen LogP) is 2.60. The molecule has 1 aromatic heterocycles. The van der Waals surface area contributed by atoms with Gasteiger partial charge in [0.05, 0.1) is 10.2 Å². The number of rotatable bonds is 4. The number of carboxylic acids is 1. The number of carbonyl (C=O) groups is 1. The lowest BCUT2D eigenvalue weighted by atomic mass is 10.3. The maximum absolute atomic E-state index is 10.8. The minimum absolute atomic E-state index is 0.0164. The van der Waals surface area contributed by atoms with E-state index >= 15 is 0 Å². The average Bonchev–Trinajstić information content (AvgIpc) is 2.68. The zero-order valence-corrected chi connectivity index (χ0v) is 10.6. The largest absolute Gasteiger partial charge is 0.480 e. The molecule has 1 heterocycles. The van der Waals surface area contributed by atoms with Crippen molar-refractivity contribution < 1.29 is 9.90 Å². The molecular formula is C12H14N2O2S. The number of hydrogen-bond donors (Lipinski definition) is 1. The molecule has 0 radical (unpaired) electrons. The Hall–Kier alpha value is -1.62. The van der Waals surface area contributed by atoms with Gasteiger partial charge in [-0.2, -0.15) is 0 Å². The van der Waals surface area contributed by atoms with E-state index in [2.05, 4.69) is 4.98 Å². The smallest absolute Gasteiger partial charge is 0.323 e. The zero-order chi connectivity index (χ0) is 12.4. The molecule has 0 amide bonds. The number of fused-ring (bicyclic) bond motifs is 1. The number of aromatic nitrogens is 1. The van der Waals surface area contributed by atoms with Crippen LogP contribution >= 0.6 is 11.3 Å². The lowest BCUT2D eigenvalue weighted by molar-refractivity contribution is -0.135. The SMILES string of the molecule is CC(C)N(CC(=O)O)c1nc2ccccc2s1. The first-order valence-electron chi connectivity index (χ1n) is 5.42. The van der Waals surface area contributed by atoms with Gasteiger partial charge in [0.2, 0.25) is 0 Å². The number of para-hydroxylation sites is 1. The second-order valence-electron chi connectivity index (χ2n) is 4.08. The third-order valence-electron chi connectivity index (χ3n) is 2.46. The predicted molar refractivity (Wildman–Crippen MR) is 69.7 cm³/mol. The molecule has 1 aromatic carbocycles. The number of thiazole rings is 1. The average molecular weight is 250 g/mol. The molecule has 0 spiro atoms. The summed E-state index contributed by atoms with van der Waals surface area (Å²) in [7, 11) is 0. The van der Waals surface area contributed by atoms with E-state index in [0.29, 0.717) is 0 Å². The second-order valence-corrected chi connectivity index (χ2v) is 5.09. The van der Waals surface area contributed by atoms with Crippen LogP contribution in [0.4, 0.5) is 5.13 Å². The Kier molecular flexibility index (Phi) is 3.28. The standard InChI is InChI=1S/C12H14N2O2S/c1-8(2)14(7-11(15)16)12-13-9-5-3-4-6-10(9)17-12/h3-6,8H,7H2,1-2H3,(H,15,16). The monoisotopic (exact) mass is 250 g/mol. The Morgan fingerprint density at radius 3 is 2.76 bits per heavy atom. The van der Waals surface area contributed by atoms with Crippen molar-refractivity contribution in [2.75, 3.05) is 11.4 Å². The molecule has 0 atom stereocenters. The molecule has 90 valence electrons. The molecule has 4 nitrogen and oxygen atoms in total. The molecule has 17 heavy (non-hydrogen) atoms. The van der Waals surface area contributed by atoms with Crippen LogP contribution in [0.15, 0.2) is 24.3 Å². The van der Waals surface area contributed by atoms with Gasteiger partial charge < -0.3 is 10.0 Å². The Balaban J connectivity index is 2.38. The van der Waals surface area contributed by atoms with Crippen LogP contribution in [0.3, 0.4) is 0 Å². The van der Waals surface area contributed by atoms with Gasteiger partial charge in [0.15, 0.2) is 5.13 Å². The molecule has 0 saturated heterocycles. The number of aliphatic carboxylic acids is 1. The van der Waals surface area contributed by atoms with E-state index in [4.69, 9.17) is 5.11 Å². The maximum atomic E-state index is 10.8. The van der Waals surface area contributed by atoms with Crippen LogP contribution in [-0.4, -0.2) is 28.6 Å². The molecular weight excluding hydrogens is 236 g/mol. The van der Waals surface area contributed by atoms with Gasteiger partial charge in [0, 0.05) is 6.04 Å². The summed E-state index contributed by atoms with van der Waals surface area (Å²) in [6.45, 7) is 3.92. The summed E-state index contributed by atoms with van der Waals surface area (Å²) in [5.41, 5.74) is 0.920. The van der Waals surface area contributed by atoms with Gasteiger partial charge in [0.1, 0.15) is 6.54 Å². The summed E-state index contributed by atoms with van der Waals surface area (Å²) >= 11 is 1.53. The summed E-state index contributed by atoms with van der Waals surface area (Å²) in [4.78, 5) is 17.1. The van der Waals surface area contributed by atoms with Crippen molar-refractivity contribution in [2.45, 2.75) is 19.9 Å². The van der Waals surface area contributed by atoms with Crippen LogP contribution < -0.4 is 4.90 Å². The molecule has 0 unspecified atom stereocenters. The van der Waals surface area contributed by atoms with Crippen molar-refractivity contribution in [3.05, 3.63) is 24.3 Å². The van der Waals surface area contributed by atoms with Gasteiger partial charge in [-0.15, -0.1) is 0 Å². The van der Waals surface area contributed by atoms with Gasteiger partial charge >= 0.3 is 5.97 Å². The summed E-state index contributed by atoms with van der Waals surface area (Å²) < 4.78 is 1.08. The highest BCUT2D eigenvalue weighted by atomic mass is 32.1. The molecule has 5 heteroatoms. The molecule has 0 aliphatic carbocycles. The van der Waals surface area contributed by atoms with Gasteiger partial charge in [0.25, 0.3) is 0 Å². The molecule has 0 fully saturated rings. The van der Waals surface area contributed by atoms with Crippen LogP contribution in [0.1, 0.15) is 13.8 Å². The van der Waals surface area contributed by atoms with Gasteiger partial charge in [-0.25, -0.2) is 4.98 Å². The third-order valence-corrected chi connectivity index (χ3v) is 3.53. The fraction of sp³-hybridized carbons (Fsp3) is 0.333. The highest BCUT2D eigenvalue weighted by molar-refractivity contribution is 7.22. The Bertz CT molecular complexity index is 503. The number of carboxylic acid groups (broad SMARTS) is 1. The van der Waals surface area contributed by atoms with Gasteiger partial charge in [-0.1, -0.05) is 23.5 Å². The fourth-order valence-corrected chi connectivity index (χ4v) is 2.70. The summed E-state index contributed by atoms with van der Waals surface area (Å²) in [6, 6.07) is 7.94. The van der Waals surface area contributed by atoms with Gasteiger partial charge in [-0.3, -0.25) is 4.79 Å². The summed E-state index contributed by atoms with van der Waals surface area (Å²) in [5.74, 6) is -0.835. The number of benzene rings is 1. The molecule has 0 aliphatic heterocycles. The molecule has 2 rings (SSSR count). The van der Waals surface area contributed by atoms with Crippen LogP contribution in [0.2, 0.25) is 0 Å². The number of nitrogens with zero attached hydrogens (tertiary/aromatic N) is 2. The van der Waals surface area contributed by atoms with Crippen molar-refractivity contribution in [3.8, 4) is 0 Å². The zero-order valence-electron chi connectivity index (χ0n) is 9.75.